The molecule has 2 heteroatoms. The first kappa shape index (κ1) is 12.0. The van der Waals surface area contributed by atoms with Crippen molar-refractivity contribution in [3.8, 4) is 0 Å². The zero-order chi connectivity index (χ0) is 5.86. The predicted octanol–water partition coefficient (Wildman–Crippen LogP) is 2.93. The van der Waals surface area contributed by atoms with E-state index in [4.69, 9.17) is 0 Å². The molecule has 0 aliphatic rings. The van der Waals surface area contributed by atoms with Gasteiger partial charge >= 0.3 is 20.4 Å². The second-order valence-corrected chi connectivity index (χ2v) is 6.76. The SMILES string of the molecule is Br.C[CH](C)[Mg][CH](C)C. The largest absolute Gasteiger partial charge is 0.371 e. The quantitative estimate of drug-likeness (QED) is 0.589. The fourth-order valence-corrected chi connectivity index (χ4v) is 2.83. The first-order valence-electron chi connectivity index (χ1n) is 3.13. The molecule has 0 bridgehead atoms. The van der Waals surface area contributed by atoms with Crippen LogP contribution in [0.5, 0.6) is 0 Å². The lowest BCUT2D eigenvalue weighted by atomic mass is 10.5. The monoisotopic (exact) mass is 190 g/mol. The maximum atomic E-state index is 2.33. The summed E-state index contributed by atoms with van der Waals surface area (Å²) in [5.74, 6) is 0. The van der Waals surface area contributed by atoms with Crippen LogP contribution >= 0.6 is 17.0 Å². The molecule has 0 aliphatic heterocycles. The van der Waals surface area contributed by atoms with Crippen LogP contribution in [0.3, 0.4) is 0 Å². The Morgan fingerprint density at radius 2 is 1.12 bits per heavy atom. The van der Waals surface area contributed by atoms with Crippen LogP contribution in [-0.4, -0.2) is 20.4 Å². The molecule has 0 radical (unpaired) electrons. The van der Waals surface area contributed by atoms with E-state index in [0.29, 0.717) is 0 Å². The molecule has 8 heavy (non-hydrogen) atoms. The molecule has 0 aromatic rings. The molecule has 0 aromatic heterocycles. The van der Waals surface area contributed by atoms with Crippen molar-refractivity contribution in [2.24, 2.45) is 0 Å². The minimum atomic E-state index is 0. The van der Waals surface area contributed by atoms with E-state index in [0.717, 1.165) is 8.09 Å². The third-order valence-corrected chi connectivity index (χ3v) is 2.83. The summed E-state index contributed by atoms with van der Waals surface area (Å²) in [5, 5.41) is 0. The van der Waals surface area contributed by atoms with Crippen LogP contribution in [0.15, 0.2) is 0 Å². The van der Waals surface area contributed by atoms with Crippen LogP contribution in [0.2, 0.25) is 8.09 Å². The predicted molar refractivity (Wildman–Crippen MR) is 46.3 cm³/mol. The minimum absolute atomic E-state index is 0. The van der Waals surface area contributed by atoms with E-state index in [-0.39, 0.29) is 37.3 Å². The van der Waals surface area contributed by atoms with Crippen LogP contribution in [0.1, 0.15) is 27.7 Å². The van der Waals surface area contributed by atoms with Gasteiger partial charge in [0, 0.05) is 0 Å². The van der Waals surface area contributed by atoms with Gasteiger partial charge in [0.15, 0.2) is 0 Å². The van der Waals surface area contributed by atoms with Gasteiger partial charge in [-0.3, -0.25) is 0 Å². The van der Waals surface area contributed by atoms with E-state index in [1.165, 1.54) is 0 Å². The first-order valence-corrected chi connectivity index (χ1v) is 4.76. The van der Waals surface area contributed by atoms with E-state index in [1.807, 2.05) is 0 Å². The molecule has 0 rings (SSSR count). The lowest BCUT2D eigenvalue weighted by molar-refractivity contribution is 0.971. The highest BCUT2D eigenvalue weighted by Gasteiger charge is 2.02. The van der Waals surface area contributed by atoms with Crippen molar-refractivity contribution < 1.29 is 0 Å². The Balaban J connectivity index is 0. The second-order valence-electron chi connectivity index (χ2n) is 3.02. The number of hydrogen-bond acceptors (Lipinski definition) is 0. The molecule has 0 N–H and O–H groups in total. The highest BCUT2D eigenvalue weighted by atomic mass is 79.9. The highest BCUT2D eigenvalue weighted by molar-refractivity contribution is 8.93. The summed E-state index contributed by atoms with van der Waals surface area (Å²) in [6.07, 6.45) is 0. The van der Waals surface area contributed by atoms with Crippen molar-refractivity contribution in [1.82, 2.24) is 0 Å². The van der Waals surface area contributed by atoms with Crippen molar-refractivity contribution in [2.75, 3.05) is 0 Å². The smallest absolute Gasteiger partial charge is 0.140 e. The van der Waals surface area contributed by atoms with Crippen LogP contribution in [0.25, 0.3) is 0 Å². The first-order chi connectivity index (χ1) is 3.13. The Labute approximate surface area is 72.9 Å². The molecule has 0 amide bonds. The Morgan fingerprint density at radius 3 is 1.12 bits per heavy atom. The Bertz CT molecular complexity index is 37.8. The molecule has 0 saturated carbocycles. The molecule has 0 aliphatic carbocycles. The zero-order valence-corrected chi connectivity index (χ0v) is 9.40. The van der Waals surface area contributed by atoms with Crippen LogP contribution < -0.4 is 0 Å². The van der Waals surface area contributed by atoms with Crippen molar-refractivity contribution >= 4 is 37.3 Å². The van der Waals surface area contributed by atoms with Gasteiger partial charge in [-0.15, -0.1) is 25.1 Å². The Kier molecular flexibility index (Phi) is 9.53. The molecular formula is C6H15BrMg. The summed E-state index contributed by atoms with van der Waals surface area (Å²) in [5.41, 5.74) is 0. The third-order valence-electron chi connectivity index (χ3n) is 0.943. The zero-order valence-electron chi connectivity index (χ0n) is 6.27. The van der Waals surface area contributed by atoms with Gasteiger partial charge in [-0.1, -0.05) is 27.7 Å². The third kappa shape index (κ3) is 10.3. The average Bonchev–Trinajstić information content (AvgIpc) is 1.27. The standard InChI is InChI=1S/2C3H7.BrH.Mg/c2*1-3-2;;/h2*3H,1-2H3;1H;. The van der Waals surface area contributed by atoms with Crippen LogP contribution in [-0.2, 0) is 0 Å². The van der Waals surface area contributed by atoms with Gasteiger partial charge in [-0.05, 0) is 0 Å². The summed E-state index contributed by atoms with van der Waals surface area (Å²) in [4.78, 5) is 0. The van der Waals surface area contributed by atoms with Gasteiger partial charge in [0.05, 0.1) is 0 Å². The van der Waals surface area contributed by atoms with E-state index < -0.39 is 0 Å². The molecule has 0 unspecified atom stereocenters. The lowest BCUT2D eigenvalue weighted by Crippen LogP contribution is -1.98. The summed E-state index contributed by atoms with van der Waals surface area (Å²) in [7, 11) is 0. The molecule has 0 atom stereocenters. The minimum Gasteiger partial charge on any atom is -0.140 e. The van der Waals surface area contributed by atoms with Crippen LogP contribution in [0, 0.1) is 0 Å². The fraction of sp³-hybridized carbons (Fsp3) is 1.00. The Hall–Kier alpha value is 1.25. The van der Waals surface area contributed by atoms with Gasteiger partial charge in [-0.25, -0.2) is 0 Å². The topological polar surface area (TPSA) is 0 Å². The highest BCUT2D eigenvalue weighted by Crippen LogP contribution is 2.07. The normalized spacial score (nSPS) is 8.75. The van der Waals surface area contributed by atoms with Gasteiger partial charge < -0.3 is 0 Å². The average molecular weight is 191 g/mol. The van der Waals surface area contributed by atoms with E-state index in [9.17, 15) is 0 Å². The lowest BCUT2D eigenvalue weighted by Gasteiger charge is -2.01. The van der Waals surface area contributed by atoms with Crippen molar-refractivity contribution in [3.63, 3.8) is 0 Å². The van der Waals surface area contributed by atoms with Gasteiger partial charge in [0.1, 0.15) is 0 Å². The van der Waals surface area contributed by atoms with Crippen LogP contribution in [0.4, 0.5) is 0 Å². The summed E-state index contributed by atoms with van der Waals surface area (Å²) >= 11 is 0.281. The molecule has 0 saturated heterocycles. The number of hydrogen-bond donors (Lipinski definition) is 0. The molecular weight excluding hydrogens is 176 g/mol. The van der Waals surface area contributed by atoms with Crippen molar-refractivity contribution in [2.45, 2.75) is 35.8 Å². The summed E-state index contributed by atoms with van der Waals surface area (Å²) in [6.45, 7) is 9.30. The van der Waals surface area contributed by atoms with E-state index >= 15 is 0 Å². The second kappa shape index (κ2) is 6.37. The molecule has 0 nitrogen and oxygen atoms in total. The van der Waals surface area contributed by atoms with Crippen molar-refractivity contribution in [3.05, 3.63) is 0 Å². The van der Waals surface area contributed by atoms with Gasteiger partial charge in [0.25, 0.3) is 0 Å². The van der Waals surface area contributed by atoms with Gasteiger partial charge in [0.2, 0.25) is 0 Å². The molecule has 0 fully saturated rings. The summed E-state index contributed by atoms with van der Waals surface area (Å²) in [6, 6.07) is 0. The Morgan fingerprint density at radius 1 is 0.875 bits per heavy atom. The number of halogens is 1. The van der Waals surface area contributed by atoms with E-state index in [2.05, 4.69) is 27.7 Å². The fourth-order valence-electron chi connectivity index (χ4n) is 0.943. The molecule has 0 aromatic carbocycles. The van der Waals surface area contributed by atoms with Gasteiger partial charge in [-0.2, -0.15) is 0 Å². The molecule has 48 valence electrons. The van der Waals surface area contributed by atoms with Crippen molar-refractivity contribution in [1.29, 1.82) is 0 Å². The maximum Gasteiger partial charge on any atom is 0.371 e. The van der Waals surface area contributed by atoms with E-state index in [1.54, 1.807) is 0 Å². The molecule has 0 heterocycles. The molecule has 0 spiro atoms. The maximum absolute atomic E-state index is 2.33. The number of rotatable bonds is 2. The summed E-state index contributed by atoms with van der Waals surface area (Å²) < 4.78 is 2.03.